The highest BCUT2D eigenvalue weighted by molar-refractivity contribution is 7.90. The van der Waals surface area contributed by atoms with Crippen LogP contribution in [0.25, 0.3) is 0 Å². The van der Waals surface area contributed by atoms with Gasteiger partial charge in [0.25, 0.3) is 0 Å². The summed E-state index contributed by atoms with van der Waals surface area (Å²) in [6, 6.07) is 0.462. The van der Waals surface area contributed by atoms with Gasteiger partial charge in [-0.25, -0.2) is 8.42 Å². The molecule has 0 amide bonds. The van der Waals surface area contributed by atoms with Crippen LogP contribution in [0.4, 0.5) is 0 Å². The van der Waals surface area contributed by atoms with Gasteiger partial charge < -0.3 is 5.73 Å². The van der Waals surface area contributed by atoms with Crippen LogP contribution in [0, 0.1) is 5.41 Å². The van der Waals surface area contributed by atoms with Crippen molar-refractivity contribution in [2.75, 3.05) is 31.6 Å². The van der Waals surface area contributed by atoms with Crippen LogP contribution < -0.4 is 5.73 Å². The fourth-order valence-electron chi connectivity index (χ4n) is 2.27. The Morgan fingerprint density at radius 3 is 2.40 bits per heavy atom. The van der Waals surface area contributed by atoms with Crippen LogP contribution in [-0.4, -0.2) is 51.0 Å². The van der Waals surface area contributed by atoms with Crippen LogP contribution in [0.1, 0.15) is 20.3 Å². The molecule has 0 aromatic rings. The summed E-state index contributed by atoms with van der Waals surface area (Å²) in [6.45, 7) is 6.55. The Morgan fingerprint density at radius 2 is 2.07 bits per heavy atom. The molecule has 90 valence electrons. The standard InChI is InChI=1S/C10H22N2O2S/c1-10(2,8-15(3,13)14)7-12-5-4-9(12)6-11/h9H,4-8,11H2,1-3H3. The maximum absolute atomic E-state index is 11.2. The molecule has 15 heavy (non-hydrogen) atoms. The summed E-state index contributed by atoms with van der Waals surface area (Å²) in [7, 11) is -2.89. The molecule has 0 aromatic carbocycles. The van der Waals surface area contributed by atoms with Gasteiger partial charge in [0.1, 0.15) is 9.84 Å². The molecule has 1 heterocycles. The number of nitrogens with two attached hydrogens (primary N) is 1. The zero-order valence-electron chi connectivity index (χ0n) is 9.86. The van der Waals surface area contributed by atoms with Gasteiger partial charge in [-0.1, -0.05) is 13.8 Å². The Hall–Kier alpha value is -0.130. The van der Waals surface area contributed by atoms with Gasteiger partial charge in [-0.15, -0.1) is 0 Å². The van der Waals surface area contributed by atoms with Gasteiger partial charge >= 0.3 is 0 Å². The van der Waals surface area contributed by atoms with Crippen LogP contribution in [0.5, 0.6) is 0 Å². The van der Waals surface area contributed by atoms with E-state index in [-0.39, 0.29) is 11.2 Å². The van der Waals surface area contributed by atoms with Gasteiger partial charge in [0.15, 0.2) is 0 Å². The second kappa shape index (κ2) is 4.39. The lowest BCUT2D eigenvalue weighted by Gasteiger charge is -2.44. The minimum atomic E-state index is -2.89. The van der Waals surface area contributed by atoms with Crippen molar-refractivity contribution in [2.45, 2.75) is 26.3 Å². The maximum atomic E-state index is 11.2. The van der Waals surface area contributed by atoms with Crippen LogP contribution >= 0.6 is 0 Å². The molecule has 5 heteroatoms. The predicted octanol–water partition coefficient (Wildman–Crippen LogP) is 0.0902. The largest absolute Gasteiger partial charge is 0.329 e. The first-order valence-electron chi connectivity index (χ1n) is 5.35. The first-order chi connectivity index (χ1) is 6.73. The van der Waals surface area contributed by atoms with Crippen molar-refractivity contribution in [3.8, 4) is 0 Å². The molecule has 0 saturated carbocycles. The normalized spacial score (nSPS) is 23.9. The second-order valence-electron chi connectivity index (χ2n) is 5.38. The zero-order chi connectivity index (χ0) is 11.7. The van der Waals surface area contributed by atoms with E-state index in [1.54, 1.807) is 0 Å². The Bertz CT molecular complexity index is 309. The summed E-state index contributed by atoms with van der Waals surface area (Å²) in [5.74, 6) is 0.244. The molecular formula is C10H22N2O2S. The van der Waals surface area contributed by atoms with E-state index < -0.39 is 9.84 Å². The van der Waals surface area contributed by atoms with E-state index in [1.165, 1.54) is 6.26 Å². The molecule has 1 saturated heterocycles. The fourth-order valence-corrected chi connectivity index (χ4v) is 3.79. The monoisotopic (exact) mass is 234 g/mol. The molecule has 1 rings (SSSR count). The minimum absolute atomic E-state index is 0.179. The molecule has 1 aliphatic rings. The molecule has 0 bridgehead atoms. The zero-order valence-corrected chi connectivity index (χ0v) is 10.7. The van der Waals surface area contributed by atoms with E-state index in [9.17, 15) is 8.42 Å². The SMILES string of the molecule is CC(C)(CN1CCC1CN)CS(C)(=O)=O. The van der Waals surface area contributed by atoms with Crippen molar-refractivity contribution in [3.05, 3.63) is 0 Å². The summed E-state index contributed by atoms with van der Waals surface area (Å²) in [6.07, 6.45) is 2.44. The number of hydrogen-bond acceptors (Lipinski definition) is 4. The van der Waals surface area contributed by atoms with Gasteiger partial charge in [0.05, 0.1) is 5.75 Å². The van der Waals surface area contributed by atoms with Gasteiger partial charge in [-0.05, 0) is 11.8 Å². The second-order valence-corrected chi connectivity index (χ2v) is 7.52. The lowest BCUT2D eigenvalue weighted by atomic mass is 9.91. The third-order valence-electron chi connectivity index (χ3n) is 2.82. The highest BCUT2D eigenvalue weighted by Crippen LogP contribution is 2.25. The quantitative estimate of drug-likeness (QED) is 0.732. The van der Waals surface area contributed by atoms with E-state index in [4.69, 9.17) is 5.73 Å². The van der Waals surface area contributed by atoms with E-state index in [1.807, 2.05) is 13.8 Å². The van der Waals surface area contributed by atoms with Gasteiger partial charge in [0, 0.05) is 31.9 Å². The first kappa shape index (κ1) is 12.9. The molecule has 0 aromatic heterocycles. The topological polar surface area (TPSA) is 63.4 Å². The molecule has 1 fully saturated rings. The smallest absolute Gasteiger partial charge is 0.148 e. The first-order valence-corrected chi connectivity index (χ1v) is 7.41. The van der Waals surface area contributed by atoms with Gasteiger partial charge in [-0.2, -0.15) is 0 Å². The van der Waals surface area contributed by atoms with Crippen molar-refractivity contribution >= 4 is 9.84 Å². The van der Waals surface area contributed by atoms with Crippen molar-refractivity contribution in [2.24, 2.45) is 11.1 Å². The van der Waals surface area contributed by atoms with Crippen LogP contribution in [-0.2, 0) is 9.84 Å². The van der Waals surface area contributed by atoms with E-state index >= 15 is 0 Å². The van der Waals surface area contributed by atoms with Crippen molar-refractivity contribution in [1.82, 2.24) is 4.90 Å². The molecule has 1 atom stereocenters. The Morgan fingerprint density at radius 1 is 1.47 bits per heavy atom. The van der Waals surface area contributed by atoms with Gasteiger partial charge in [0.2, 0.25) is 0 Å². The molecular weight excluding hydrogens is 212 g/mol. The summed E-state index contributed by atoms with van der Waals surface area (Å²) in [4.78, 5) is 2.28. The summed E-state index contributed by atoms with van der Waals surface area (Å²) in [5, 5.41) is 0. The number of hydrogen-bond donors (Lipinski definition) is 1. The summed E-state index contributed by atoms with van der Waals surface area (Å²) >= 11 is 0. The number of nitrogens with zero attached hydrogens (tertiary/aromatic N) is 1. The highest BCUT2D eigenvalue weighted by Gasteiger charge is 2.33. The third kappa shape index (κ3) is 4.09. The van der Waals surface area contributed by atoms with E-state index in [0.29, 0.717) is 12.6 Å². The van der Waals surface area contributed by atoms with E-state index in [0.717, 1.165) is 19.5 Å². The molecule has 2 N–H and O–H groups in total. The Balaban J connectivity index is 2.49. The molecule has 0 radical (unpaired) electrons. The third-order valence-corrected chi connectivity index (χ3v) is 4.13. The molecule has 4 nitrogen and oxygen atoms in total. The van der Waals surface area contributed by atoms with Crippen LogP contribution in [0.3, 0.4) is 0 Å². The fraction of sp³-hybridized carbons (Fsp3) is 1.00. The summed E-state index contributed by atoms with van der Waals surface area (Å²) < 4.78 is 22.5. The molecule has 1 unspecified atom stereocenters. The van der Waals surface area contributed by atoms with Gasteiger partial charge in [-0.3, -0.25) is 4.90 Å². The number of likely N-dealkylation sites (tertiary alicyclic amines) is 1. The summed E-state index contributed by atoms with van der Waals surface area (Å²) in [5.41, 5.74) is 5.43. The highest BCUT2D eigenvalue weighted by atomic mass is 32.2. The molecule has 0 aliphatic carbocycles. The maximum Gasteiger partial charge on any atom is 0.148 e. The number of rotatable bonds is 5. The van der Waals surface area contributed by atoms with E-state index in [2.05, 4.69) is 4.90 Å². The minimum Gasteiger partial charge on any atom is -0.329 e. The van der Waals surface area contributed by atoms with Crippen LogP contribution in [0.15, 0.2) is 0 Å². The Kier molecular flexibility index (Phi) is 3.79. The van der Waals surface area contributed by atoms with Crippen molar-refractivity contribution < 1.29 is 8.42 Å². The predicted molar refractivity (Wildman–Crippen MR) is 62.5 cm³/mol. The lowest BCUT2D eigenvalue weighted by Crippen LogP contribution is -2.55. The number of sulfone groups is 1. The lowest BCUT2D eigenvalue weighted by molar-refractivity contribution is 0.0598. The van der Waals surface area contributed by atoms with Crippen molar-refractivity contribution in [3.63, 3.8) is 0 Å². The average molecular weight is 234 g/mol. The van der Waals surface area contributed by atoms with Crippen LogP contribution in [0.2, 0.25) is 0 Å². The van der Waals surface area contributed by atoms with Crippen molar-refractivity contribution in [1.29, 1.82) is 0 Å². The average Bonchev–Trinajstić information content (AvgIpc) is 1.95. The Labute approximate surface area is 92.7 Å². The molecule has 1 aliphatic heterocycles. The molecule has 0 spiro atoms.